The summed E-state index contributed by atoms with van der Waals surface area (Å²) in [5.74, 6) is -0.0311. The lowest BCUT2D eigenvalue weighted by molar-refractivity contribution is 0.0758. The van der Waals surface area contributed by atoms with Gasteiger partial charge in [-0.25, -0.2) is 4.98 Å². The maximum Gasteiger partial charge on any atom is 0.273 e. The molecule has 6 heteroatoms. The summed E-state index contributed by atoms with van der Waals surface area (Å²) in [5, 5.41) is 1.77. The highest BCUT2D eigenvalue weighted by molar-refractivity contribution is 7.07. The molecule has 98 valence electrons. The van der Waals surface area contributed by atoms with Gasteiger partial charge in [-0.15, -0.1) is 11.3 Å². The molecule has 0 unspecified atom stereocenters. The van der Waals surface area contributed by atoms with Crippen molar-refractivity contribution >= 4 is 17.2 Å². The number of carbonyl (C=O) groups is 1. The zero-order valence-electron chi connectivity index (χ0n) is 10.3. The lowest BCUT2D eigenvalue weighted by Gasteiger charge is -2.18. The van der Waals surface area contributed by atoms with Crippen LogP contribution in [0.2, 0.25) is 0 Å². The molecule has 0 saturated heterocycles. The summed E-state index contributed by atoms with van der Waals surface area (Å²) in [6.45, 7) is 1.28. The van der Waals surface area contributed by atoms with Crippen LogP contribution < -0.4 is 5.56 Å². The van der Waals surface area contributed by atoms with Crippen molar-refractivity contribution in [3.8, 4) is 0 Å². The monoisotopic (exact) mass is 275 g/mol. The van der Waals surface area contributed by atoms with Crippen molar-refractivity contribution in [2.45, 2.75) is 12.8 Å². The van der Waals surface area contributed by atoms with Gasteiger partial charge in [-0.3, -0.25) is 9.59 Å². The Morgan fingerprint density at radius 2 is 2.16 bits per heavy atom. The average Bonchev–Trinajstić information content (AvgIpc) is 2.86. The van der Waals surface area contributed by atoms with Crippen molar-refractivity contribution in [2.75, 3.05) is 13.1 Å². The number of hydrogen-bond acceptors (Lipinski definition) is 4. The molecule has 1 amide bonds. The fourth-order valence-corrected chi connectivity index (χ4v) is 2.83. The van der Waals surface area contributed by atoms with Gasteiger partial charge in [0, 0.05) is 36.7 Å². The maximum atomic E-state index is 12.2. The Morgan fingerprint density at radius 1 is 1.32 bits per heavy atom. The minimum absolute atomic E-state index is 0.0311. The molecule has 1 aliphatic rings. The van der Waals surface area contributed by atoms with Crippen molar-refractivity contribution in [1.29, 1.82) is 0 Å². The quantitative estimate of drug-likeness (QED) is 0.846. The molecule has 0 aliphatic carbocycles. The lowest BCUT2D eigenvalue weighted by Crippen LogP contribution is -2.33. The Morgan fingerprint density at radius 3 is 2.95 bits per heavy atom. The zero-order chi connectivity index (χ0) is 13.2. The Kier molecular flexibility index (Phi) is 3.16. The molecular formula is C13H13N3O2S. The zero-order valence-corrected chi connectivity index (χ0v) is 11.1. The van der Waals surface area contributed by atoms with E-state index in [1.807, 2.05) is 6.07 Å². The van der Waals surface area contributed by atoms with Gasteiger partial charge in [-0.1, -0.05) is 6.07 Å². The van der Waals surface area contributed by atoms with Gasteiger partial charge in [-0.05, 0) is 12.0 Å². The number of aromatic amines is 1. The maximum absolute atomic E-state index is 12.2. The largest absolute Gasteiger partial charge is 0.337 e. The van der Waals surface area contributed by atoms with Crippen LogP contribution >= 0.6 is 11.3 Å². The second-order valence-electron chi connectivity index (χ2n) is 4.49. The first-order valence-electron chi connectivity index (χ1n) is 6.12. The highest BCUT2D eigenvalue weighted by Gasteiger charge is 2.21. The number of aromatic nitrogens is 2. The molecule has 0 spiro atoms. The van der Waals surface area contributed by atoms with Gasteiger partial charge in [0.25, 0.3) is 5.91 Å². The number of thiazole rings is 1. The molecule has 0 fully saturated rings. The number of amides is 1. The van der Waals surface area contributed by atoms with Crippen molar-refractivity contribution in [3.63, 3.8) is 0 Å². The Hall–Kier alpha value is -1.95. The van der Waals surface area contributed by atoms with Gasteiger partial charge in [0.05, 0.1) is 5.51 Å². The minimum Gasteiger partial charge on any atom is -0.337 e. The first kappa shape index (κ1) is 12.1. The molecular weight excluding hydrogens is 262 g/mol. The summed E-state index contributed by atoms with van der Waals surface area (Å²) in [4.78, 5) is 32.2. The lowest BCUT2D eigenvalue weighted by atomic mass is 10.1. The summed E-state index contributed by atoms with van der Waals surface area (Å²) in [6.07, 6.45) is 1.45. The fourth-order valence-electron chi connectivity index (χ4n) is 2.30. The molecule has 5 nitrogen and oxygen atoms in total. The van der Waals surface area contributed by atoms with E-state index in [-0.39, 0.29) is 11.5 Å². The first-order valence-corrected chi connectivity index (χ1v) is 7.07. The van der Waals surface area contributed by atoms with Gasteiger partial charge in [-0.2, -0.15) is 0 Å². The molecule has 2 aromatic heterocycles. The summed E-state index contributed by atoms with van der Waals surface area (Å²) in [5.41, 5.74) is 4.15. The molecule has 2 aromatic rings. The Bertz CT molecular complexity index is 648. The number of rotatable bonds is 1. The normalized spacial score (nSPS) is 14.8. The van der Waals surface area contributed by atoms with Crippen LogP contribution in [-0.2, 0) is 12.8 Å². The van der Waals surface area contributed by atoms with Gasteiger partial charge < -0.3 is 9.88 Å². The Balaban J connectivity index is 1.80. The molecule has 0 bridgehead atoms. The van der Waals surface area contributed by atoms with Gasteiger partial charge >= 0.3 is 0 Å². The predicted molar refractivity (Wildman–Crippen MR) is 72.5 cm³/mol. The second-order valence-corrected chi connectivity index (χ2v) is 5.21. The molecule has 3 rings (SSSR count). The number of hydrogen-bond donors (Lipinski definition) is 1. The summed E-state index contributed by atoms with van der Waals surface area (Å²) in [7, 11) is 0. The van der Waals surface area contributed by atoms with E-state index >= 15 is 0 Å². The van der Waals surface area contributed by atoms with E-state index < -0.39 is 0 Å². The number of nitrogens with one attached hydrogen (secondary N) is 1. The standard InChI is InChI=1S/C13H13N3O2S/c17-12-2-1-9-3-5-16(6-4-10(9)15-12)13(18)11-7-19-8-14-11/h1-2,7-8H,3-6H2,(H,15,17). The molecule has 1 aliphatic heterocycles. The molecule has 0 atom stereocenters. The van der Waals surface area contributed by atoms with E-state index in [2.05, 4.69) is 9.97 Å². The Labute approximate surface area is 113 Å². The molecule has 0 aromatic carbocycles. The molecule has 0 radical (unpaired) electrons. The van der Waals surface area contributed by atoms with Crippen molar-refractivity contribution in [2.24, 2.45) is 0 Å². The van der Waals surface area contributed by atoms with E-state index in [0.717, 1.165) is 17.7 Å². The van der Waals surface area contributed by atoms with Crippen LogP contribution in [0.5, 0.6) is 0 Å². The number of fused-ring (bicyclic) bond motifs is 1. The van der Waals surface area contributed by atoms with Crippen molar-refractivity contribution in [1.82, 2.24) is 14.9 Å². The number of nitrogens with zero attached hydrogens (tertiary/aromatic N) is 2. The molecule has 1 N–H and O–H groups in total. The first-order chi connectivity index (χ1) is 9.24. The molecule has 3 heterocycles. The SMILES string of the molecule is O=C(c1cscn1)N1CCc2ccc(=O)[nH]c2CC1. The highest BCUT2D eigenvalue weighted by Crippen LogP contribution is 2.14. The fraction of sp³-hybridized carbons (Fsp3) is 0.308. The molecule has 19 heavy (non-hydrogen) atoms. The van der Waals surface area contributed by atoms with Crippen LogP contribution in [0, 0.1) is 0 Å². The summed E-state index contributed by atoms with van der Waals surface area (Å²) < 4.78 is 0. The third-order valence-corrected chi connectivity index (χ3v) is 3.91. The third-order valence-electron chi connectivity index (χ3n) is 3.32. The number of pyridine rings is 1. The number of H-pyrrole nitrogens is 1. The van der Waals surface area contributed by atoms with Crippen molar-refractivity contribution < 1.29 is 4.79 Å². The van der Waals surface area contributed by atoms with E-state index in [1.54, 1.807) is 15.8 Å². The highest BCUT2D eigenvalue weighted by atomic mass is 32.1. The summed E-state index contributed by atoms with van der Waals surface area (Å²) >= 11 is 1.42. The van der Waals surface area contributed by atoms with Gasteiger partial charge in [0.2, 0.25) is 5.56 Å². The van der Waals surface area contributed by atoms with Gasteiger partial charge in [0.15, 0.2) is 0 Å². The van der Waals surface area contributed by atoms with Crippen LogP contribution in [0.1, 0.15) is 21.7 Å². The van der Waals surface area contributed by atoms with E-state index in [1.165, 1.54) is 17.4 Å². The van der Waals surface area contributed by atoms with Crippen LogP contribution in [0.15, 0.2) is 27.8 Å². The van der Waals surface area contributed by atoms with Gasteiger partial charge in [0.1, 0.15) is 5.69 Å². The molecule has 0 saturated carbocycles. The predicted octanol–water partition coefficient (Wildman–Crippen LogP) is 1.07. The summed E-state index contributed by atoms with van der Waals surface area (Å²) in [6, 6.07) is 3.39. The van der Waals surface area contributed by atoms with Crippen LogP contribution in [0.25, 0.3) is 0 Å². The minimum atomic E-state index is -0.0852. The van der Waals surface area contributed by atoms with Crippen LogP contribution in [0.4, 0.5) is 0 Å². The van der Waals surface area contributed by atoms with Crippen LogP contribution in [-0.4, -0.2) is 33.9 Å². The topological polar surface area (TPSA) is 66.1 Å². The third kappa shape index (κ3) is 2.44. The number of carbonyl (C=O) groups excluding carboxylic acids is 1. The van der Waals surface area contributed by atoms with E-state index in [9.17, 15) is 9.59 Å². The smallest absolute Gasteiger partial charge is 0.273 e. The average molecular weight is 275 g/mol. The second kappa shape index (κ2) is 4.97. The van der Waals surface area contributed by atoms with E-state index in [4.69, 9.17) is 0 Å². The van der Waals surface area contributed by atoms with E-state index in [0.29, 0.717) is 25.2 Å². The van der Waals surface area contributed by atoms with Crippen LogP contribution in [0.3, 0.4) is 0 Å². The van der Waals surface area contributed by atoms with Crippen molar-refractivity contribution in [3.05, 3.63) is 50.3 Å².